The van der Waals surface area contributed by atoms with Crippen LogP contribution in [0.1, 0.15) is 56.2 Å². The van der Waals surface area contributed by atoms with Crippen molar-refractivity contribution in [1.29, 1.82) is 0 Å². The number of carbonyl (C=O) groups excluding carboxylic acids is 1. The van der Waals surface area contributed by atoms with Crippen LogP contribution in [0.25, 0.3) is 0 Å². The number of hydrogen-bond acceptors (Lipinski definition) is 4. The van der Waals surface area contributed by atoms with Crippen molar-refractivity contribution in [1.82, 2.24) is 0 Å². The van der Waals surface area contributed by atoms with E-state index in [1.807, 2.05) is 0 Å². The molecule has 0 saturated carbocycles. The fourth-order valence-electron chi connectivity index (χ4n) is 6.79. The molecule has 0 N–H and O–H groups in total. The second-order valence-corrected chi connectivity index (χ2v) is 17.1. The number of ether oxygens (including phenoxy) is 2. The van der Waals surface area contributed by atoms with Gasteiger partial charge in [-0.1, -0.05) is 103 Å². The zero-order chi connectivity index (χ0) is 29.0. The summed E-state index contributed by atoms with van der Waals surface area (Å²) in [5.41, 5.74) is 5.37. The number of hydrogen-bond donors (Lipinski definition) is 0. The van der Waals surface area contributed by atoms with Crippen molar-refractivity contribution in [2.24, 2.45) is 11.8 Å². The largest absolute Gasteiger partial charge is 0.462 e. The Labute approximate surface area is 246 Å². The first-order valence-corrected chi connectivity index (χ1v) is 18.5. The molecule has 1 saturated heterocycles. The molecule has 3 aromatic rings. The maximum Gasteiger partial charge on any atom is 0.306 e. The number of benzene rings is 3. The lowest BCUT2D eigenvalue weighted by atomic mass is 9.74. The molecule has 0 bridgehead atoms. The van der Waals surface area contributed by atoms with Gasteiger partial charge in [0.25, 0.3) is 0 Å². The molecule has 0 spiro atoms. The molecule has 1 heterocycles. The highest BCUT2D eigenvalue weighted by atomic mass is 28.4. The van der Waals surface area contributed by atoms with E-state index in [0.29, 0.717) is 18.9 Å². The predicted octanol–water partition coefficient (Wildman–Crippen LogP) is 8.28. The van der Waals surface area contributed by atoms with Crippen molar-refractivity contribution in [2.45, 2.75) is 77.0 Å². The van der Waals surface area contributed by atoms with E-state index in [-0.39, 0.29) is 24.1 Å². The van der Waals surface area contributed by atoms with Crippen molar-refractivity contribution in [3.8, 4) is 0 Å². The molecular formula is C36H44O4Si. The summed E-state index contributed by atoms with van der Waals surface area (Å²) < 4.78 is 19.5. The van der Waals surface area contributed by atoms with E-state index in [9.17, 15) is 4.79 Å². The molecule has 1 aliphatic heterocycles. The van der Waals surface area contributed by atoms with Gasteiger partial charge in [-0.05, 0) is 67.6 Å². The second kappa shape index (κ2) is 12.5. The van der Waals surface area contributed by atoms with E-state index in [2.05, 4.69) is 124 Å². The highest BCUT2D eigenvalue weighted by Gasteiger charge is 2.47. The first kappa shape index (κ1) is 29.5. The summed E-state index contributed by atoms with van der Waals surface area (Å²) >= 11 is 0. The highest BCUT2D eigenvalue weighted by molar-refractivity contribution is 6.69. The van der Waals surface area contributed by atoms with Gasteiger partial charge in [0.2, 0.25) is 0 Å². The molecule has 5 heteroatoms. The third-order valence-electron chi connectivity index (χ3n) is 8.51. The van der Waals surface area contributed by atoms with Crippen LogP contribution in [0.2, 0.25) is 19.6 Å². The van der Waals surface area contributed by atoms with Crippen molar-refractivity contribution in [3.05, 3.63) is 119 Å². The van der Waals surface area contributed by atoms with Gasteiger partial charge >= 0.3 is 5.97 Å². The van der Waals surface area contributed by atoms with Gasteiger partial charge in [0.05, 0.1) is 12.5 Å². The van der Waals surface area contributed by atoms with Crippen LogP contribution in [0.15, 0.2) is 102 Å². The molecule has 1 fully saturated rings. The maximum atomic E-state index is 12.3. The SMILES string of the molecule is CC1=C([C@@H](C)CCCOC(c2ccccc2)(c2ccccc2)c2ccccc2)[C@@H](O[Si](C)(C)C)[C@@H]2CC(=O)O[C@@H]2C1. The molecule has 2 aliphatic rings. The third kappa shape index (κ3) is 6.43. The number of esters is 1. The van der Waals surface area contributed by atoms with Crippen molar-refractivity contribution < 1.29 is 18.7 Å². The van der Waals surface area contributed by atoms with Gasteiger partial charge in [-0.15, -0.1) is 0 Å². The molecule has 216 valence electrons. The van der Waals surface area contributed by atoms with Gasteiger partial charge in [0, 0.05) is 18.9 Å². The maximum absolute atomic E-state index is 12.3. The second-order valence-electron chi connectivity index (χ2n) is 12.7. The molecule has 0 unspecified atom stereocenters. The minimum Gasteiger partial charge on any atom is -0.462 e. The molecule has 4 atom stereocenters. The van der Waals surface area contributed by atoms with Gasteiger partial charge in [-0.25, -0.2) is 0 Å². The van der Waals surface area contributed by atoms with E-state index in [1.54, 1.807) is 0 Å². The molecule has 5 rings (SSSR count). The molecule has 3 aromatic carbocycles. The van der Waals surface area contributed by atoms with Crippen LogP contribution in [-0.4, -0.2) is 33.1 Å². The Kier molecular flexibility index (Phi) is 8.98. The van der Waals surface area contributed by atoms with Crippen LogP contribution in [0.3, 0.4) is 0 Å². The van der Waals surface area contributed by atoms with Crippen LogP contribution in [0.4, 0.5) is 0 Å². The molecule has 0 aromatic heterocycles. The molecule has 41 heavy (non-hydrogen) atoms. The van der Waals surface area contributed by atoms with Crippen LogP contribution < -0.4 is 0 Å². The van der Waals surface area contributed by atoms with Gasteiger partial charge in [-0.3, -0.25) is 4.79 Å². The summed E-state index contributed by atoms with van der Waals surface area (Å²) in [7, 11) is -1.84. The molecule has 0 amide bonds. The lowest BCUT2D eigenvalue weighted by molar-refractivity contribution is -0.141. The van der Waals surface area contributed by atoms with Crippen molar-refractivity contribution >= 4 is 14.3 Å². The van der Waals surface area contributed by atoms with Gasteiger partial charge in [0.1, 0.15) is 11.7 Å². The van der Waals surface area contributed by atoms with Crippen LogP contribution >= 0.6 is 0 Å². The van der Waals surface area contributed by atoms with Crippen molar-refractivity contribution in [2.75, 3.05) is 6.61 Å². The molecule has 0 radical (unpaired) electrons. The summed E-state index contributed by atoms with van der Waals surface area (Å²) in [5.74, 6) is 0.364. The quantitative estimate of drug-likeness (QED) is 0.0768. The zero-order valence-electron chi connectivity index (χ0n) is 25.1. The summed E-state index contributed by atoms with van der Waals surface area (Å²) in [6.45, 7) is 11.8. The highest BCUT2D eigenvalue weighted by Crippen LogP contribution is 2.45. The van der Waals surface area contributed by atoms with E-state index >= 15 is 0 Å². The molecule has 4 nitrogen and oxygen atoms in total. The van der Waals surface area contributed by atoms with Gasteiger partial charge in [0.15, 0.2) is 8.32 Å². The Morgan fingerprint density at radius 1 is 0.854 bits per heavy atom. The average Bonchev–Trinajstić information content (AvgIpc) is 3.34. The summed E-state index contributed by atoms with van der Waals surface area (Å²) in [4.78, 5) is 12.3. The van der Waals surface area contributed by atoms with E-state index in [1.165, 1.54) is 11.1 Å². The lowest BCUT2D eigenvalue weighted by Crippen LogP contribution is -2.44. The Balaban J connectivity index is 1.38. The van der Waals surface area contributed by atoms with E-state index in [4.69, 9.17) is 13.9 Å². The topological polar surface area (TPSA) is 44.8 Å². The van der Waals surface area contributed by atoms with E-state index < -0.39 is 13.9 Å². The molecule has 1 aliphatic carbocycles. The Morgan fingerprint density at radius 2 is 1.37 bits per heavy atom. The van der Waals surface area contributed by atoms with Crippen LogP contribution in [0.5, 0.6) is 0 Å². The fourth-order valence-corrected chi connectivity index (χ4v) is 7.85. The lowest BCUT2D eigenvalue weighted by Gasteiger charge is -2.41. The minimum atomic E-state index is -1.84. The summed E-state index contributed by atoms with van der Waals surface area (Å²) in [6, 6.07) is 31.7. The number of fused-ring (bicyclic) bond motifs is 1. The Bertz CT molecular complexity index is 1230. The predicted molar refractivity (Wildman–Crippen MR) is 167 cm³/mol. The zero-order valence-corrected chi connectivity index (χ0v) is 26.1. The van der Waals surface area contributed by atoms with Gasteiger partial charge in [-0.2, -0.15) is 0 Å². The first-order valence-electron chi connectivity index (χ1n) is 15.1. The minimum absolute atomic E-state index is 0.0418. The van der Waals surface area contributed by atoms with Crippen LogP contribution in [0, 0.1) is 11.8 Å². The van der Waals surface area contributed by atoms with Gasteiger partial charge < -0.3 is 13.9 Å². The van der Waals surface area contributed by atoms with E-state index in [0.717, 1.165) is 36.0 Å². The molecular weight excluding hydrogens is 524 g/mol. The van der Waals surface area contributed by atoms with Crippen LogP contribution in [-0.2, 0) is 24.3 Å². The number of carbonyl (C=O) groups is 1. The standard InChI is InChI=1S/C36H44O4Si/c1-26(34-27(2)24-32-31(25-33(37)39-32)35(34)40-41(3,4)5)16-15-23-38-36(28-17-9-6-10-18-28,29-19-11-7-12-20-29)30-21-13-8-14-22-30/h6-14,17-22,26,31-32,35H,15-16,23-25H2,1-5H3/t26-,31+,32+,35-/m0/s1. The Hall–Kier alpha value is -2.99. The fraction of sp³-hybridized carbons (Fsp3) is 0.417. The third-order valence-corrected chi connectivity index (χ3v) is 9.47. The smallest absolute Gasteiger partial charge is 0.306 e. The number of rotatable bonds is 11. The Morgan fingerprint density at radius 3 is 1.85 bits per heavy atom. The summed E-state index contributed by atoms with van der Waals surface area (Å²) in [6.07, 6.45) is 3.08. The normalized spacial score (nSPS) is 21.9. The van der Waals surface area contributed by atoms with Crippen molar-refractivity contribution in [3.63, 3.8) is 0 Å². The average molecular weight is 569 g/mol. The first-order chi connectivity index (χ1) is 19.7. The monoisotopic (exact) mass is 568 g/mol. The summed E-state index contributed by atoms with van der Waals surface area (Å²) in [5, 5.41) is 0.